The Hall–Kier alpha value is -0.870. The number of hydrogen-bond acceptors (Lipinski definition) is 2. The van der Waals surface area contributed by atoms with Crippen molar-refractivity contribution in [3.05, 3.63) is 28.2 Å². The fourth-order valence-electron chi connectivity index (χ4n) is 2.49. The molecule has 1 amide bonds. The van der Waals surface area contributed by atoms with Crippen molar-refractivity contribution < 1.29 is 4.79 Å². The van der Waals surface area contributed by atoms with Crippen molar-refractivity contribution in [3.63, 3.8) is 0 Å². The Balaban J connectivity index is 2.14. The molecule has 19 heavy (non-hydrogen) atoms. The van der Waals surface area contributed by atoms with Crippen LogP contribution in [-0.4, -0.2) is 18.0 Å². The molecule has 0 aliphatic carbocycles. The molecule has 0 spiro atoms. The van der Waals surface area contributed by atoms with Gasteiger partial charge in [0.05, 0.1) is 5.54 Å². The minimum absolute atomic E-state index is 0.0734. The second kappa shape index (κ2) is 6.06. The summed E-state index contributed by atoms with van der Waals surface area (Å²) >= 11 is 3.47. The monoisotopic (exact) mass is 324 g/mol. The van der Waals surface area contributed by atoms with Crippen LogP contribution in [-0.2, 0) is 11.2 Å². The molecule has 2 N–H and O–H groups in total. The molecule has 1 aromatic rings. The third-order valence-corrected chi connectivity index (χ3v) is 4.31. The fourth-order valence-corrected chi connectivity index (χ4v) is 2.90. The average Bonchev–Trinajstić information content (AvgIpc) is 2.41. The van der Waals surface area contributed by atoms with E-state index in [1.54, 1.807) is 0 Å². The lowest BCUT2D eigenvalue weighted by Gasteiger charge is -2.33. The summed E-state index contributed by atoms with van der Waals surface area (Å²) in [6.45, 7) is 5.01. The molecule has 1 aliphatic rings. The smallest absolute Gasteiger partial charge is 0.244 e. The van der Waals surface area contributed by atoms with Gasteiger partial charge in [0.15, 0.2) is 0 Å². The zero-order valence-electron chi connectivity index (χ0n) is 11.6. The molecule has 4 heteroatoms. The molecule has 1 heterocycles. The normalized spacial score (nSPS) is 23.1. The van der Waals surface area contributed by atoms with Gasteiger partial charge in [-0.3, -0.25) is 4.79 Å². The summed E-state index contributed by atoms with van der Waals surface area (Å²) in [6, 6.07) is 5.99. The number of halogens is 1. The first kappa shape index (κ1) is 14.5. The van der Waals surface area contributed by atoms with Crippen LogP contribution >= 0.6 is 15.9 Å². The predicted molar refractivity (Wildman–Crippen MR) is 82.4 cm³/mol. The van der Waals surface area contributed by atoms with Crippen LogP contribution in [0.15, 0.2) is 22.7 Å². The summed E-state index contributed by atoms with van der Waals surface area (Å²) in [5.41, 5.74) is 1.64. The zero-order chi connectivity index (χ0) is 13.9. The number of rotatable bonds is 3. The van der Waals surface area contributed by atoms with Gasteiger partial charge in [-0.2, -0.15) is 0 Å². The van der Waals surface area contributed by atoms with Gasteiger partial charge in [0.25, 0.3) is 0 Å². The third-order valence-electron chi connectivity index (χ3n) is 3.82. The van der Waals surface area contributed by atoms with Gasteiger partial charge in [0.1, 0.15) is 0 Å². The maximum absolute atomic E-state index is 12.5. The number of aryl methyl sites for hydroxylation is 1. The van der Waals surface area contributed by atoms with Crippen LogP contribution in [0.3, 0.4) is 0 Å². The quantitative estimate of drug-likeness (QED) is 0.893. The van der Waals surface area contributed by atoms with Crippen LogP contribution in [0.25, 0.3) is 0 Å². The second-order valence-corrected chi connectivity index (χ2v) is 6.24. The first-order valence-corrected chi connectivity index (χ1v) is 7.69. The highest BCUT2D eigenvalue weighted by Crippen LogP contribution is 2.25. The summed E-state index contributed by atoms with van der Waals surface area (Å²) in [5.74, 6) is 0.0734. The summed E-state index contributed by atoms with van der Waals surface area (Å²) < 4.78 is 1.05. The minimum atomic E-state index is -0.434. The van der Waals surface area contributed by atoms with Crippen molar-refractivity contribution in [3.8, 4) is 0 Å². The predicted octanol–water partition coefficient (Wildman–Crippen LogP) is 3.48. The molecule has 1 fully saturated rings. The maximum Gasteiger partial charge on any atom is 0.244 e. The molecule has 1 saturated heterocycles. The van der Waals surface area contributed by atoms with Crippen LogP contribution in [0.4, 0.5) is 5.69 Å². The minimum Gasteiger partial charge on any atom is -0.324 e. The first-order chi connectivity index (χ1) is 9.05. The summed E-state index contributed by atoms with van der Waals surface area (Å²) in [5, 5.41) is 6.42. The molecular formula is C15H21BrN2O. The lowest BCUT2D eigenvalue weighted by molar-refractivity contribution is -0.122. The van der Waals surface area contributed by atoms with Gasteiger partial charge < -0.3 is 10.6 Å². The van der Waals surface area contributed by atoms with Gasteiger partial charge in [0, 0.05) is 10.2 Å². The number of carbonyl (C=O) groups is 1. The Bertz CT molecular complexity index is 467. The fraction of sp³-hybridized carbons (Fsp3) is 0.533. The lowest BCUT2D eigenvalue weighted by atomic mass is 9.90. The molecule has 0 aromatic heterocycles. The highest BCUT2D eigenvalue weighted by Gasteiger charge is 2.34. The molecule has 2 rings (SSSR count). The highest BCUT2D eigenvalue weighted by atomic mass is 79.9. The van der Waals surface area contributed by atoms with Crippen LogP contribution < -0.4 is 10.6 Å². The molecule has 1 aliphatic heterocycles. The second-order valence-electron chi connectivity index (χ2n) is 5.33. The highest BCUT2D eigenvalue weighted by molar-refractivity contribution is 9.10. The van der Waals surface area contributed by atoms with E-state index in [-0.39, 0.29) is 5.91 Å². The number of benzene rings is 1. The Morgan fingerprint density at radius 2 is 2.26 bits per heavy atom. The van der Waals surface area contributed by atoms with Gasteiger partial charge in [-0.05, 0) is 62.9 Å². The van der Waals surface area contributed by atoms with Gasteiger partial charge >= 0.3 is 0 Å². The van der Waals surface area contributed by atoms with Gasteiger partial charge in [-0.1, -0.05) is 22.9 Å². The lowest BCUT2D eigenvalue weighted by Crippen LogP contribution is -2.54. The first-order valence-electron chi connectivity index (χ1n) is 6.90. The van der Waals surface area contributed by atoms with E-state index in [0.717, 1.165) is 48.0 Å². The summed E-state index contributed by atoms with van der Waals surface area (Å²) in [6.07, 6.45) is 4.06. The largest absolute Gasteiger partial charge is 0.324 e. The Morgan fingerprint density at radius 3 is 2.89 bits per heavy atom. The van der Waals surface area contributed by atoms with E-state index < -0.39 is 5.54 Å². The van der Waals surface area contributed by atoms with Crippen molar-refractivity contribution in [2.24, 2.45) is 0 Å². The van der Waals surface area contributed by atoms with E-state index in [4.69, 9.17) is 0 Å². The number of nitrogens with one attached hydrogen (secondary N) is 2. The Kier molecular flexibility index (Phi) is 4.63. The Morgan fingerprint density at radius 1 is 1.47 bits per heavy atom. The standard InChI is InChI=1S/C15H21BrN2O/c1-3-11-10-12(16)6-7-13(11)18-14(19)15(2)8-4-5-9-17-15/h6-7,10,17H,3-5,8-9H2,1-2H3,(H,18,19). The molecule has 0 saturated carbocycles. The molecule has 1 atom stereocenters. The number of piperidine rings is 1. The van der Waals surface area contributed by atoms with Crippen molar-refractivity contribution in [2.75, 3.05) is 11.9 Å². The molecule has 1 aromatic carbocycles. The van der Waals surface area contributed by atoms with Crippen molar-refractivity contribution in [1.82, 2.24) is 5.32 Å². The van der Waals surface area contributed by atoms with Crippen LogP contribution in [0.1, 0.15) is 38.7 Å². The number of carbonyl (C=O) groups excluding carboxylic acids is 1. The van der Waals surface area contributed by atoms with Gasteiger partial charge in [0.2, 0.25) is 5.91 Å². The number of hydrogen-bond donors (Lipinski definition) is 2. The van der Waals surface area contributed by atoms with E-state index in [1.165, 1.54) is 0 Å². The van der Waals surface area contributed by atoms with E-state index in [0.29, 0.717) is 0 Å². The van der Waals surface area contributed by atoms with Crippen LogP contribution in [0.2, 0.25) is 0 Å². The molecular weight excluding hydrogens is 304 g/mol. The molecule has 104 valence electrons. The Labute approximate surface area is 123 Å². The molecule has 3 nitrogen and oxygen atoms in total. The number of amides is 1. The van der Waals surface area contributed by atoms with Gasteiger partial charge in [-0.25, -0.2) is 0 Å². The third kappa shape index (κ3) is 3.37. The van der Waals surface area contributed by atoms with E-state index >= 15 is 0 Å². The van der Waals surface area contributed by atoms with E-state index in [2.05, 4.69) is 39.6 Å². The van der Waals surface area contributed by atoms with Crippen molar-refractivity contribution >= 4 is 27.5 Å². The summed E-state index contributed by atoms with van der Waals surface area (Å²) in [4.78, 5) is 12.5. The van der Waals surface area contributed by atoms with Crippen LogP contribution in [0.5, 0.6) is 0 Å². The SMILES string of the molecule is CCc1cc(Br)ccc1NC(=O)C1(C)CCCCN1. The maximum atomic E-state index is 12.5. The topological polar surface area (TPSA) is 41.1 Å². The summed E-state index contributed by atoms with van der Waals surface area (Å²) in [7, 11) is 0. The molecule has 0 radical (unpaired) electrons. The van der Waals surface area contributed by atoms with Crippen molar-refractivity contribution in [1.29, 1.82) is 0 Å². The van der Waals surface area contributed by atoms with Crippen LogP contribution in [0, 0.1) is 0 Å². The number of anilines is 1. The average molecular weight is 325 g/mol. The zero-order valence-corrected chi connectivity index (χ0v) is 13.1. The molecule has 0 bridgehead atoms. The van der Waals surface area contributed by atoms with E-state index in [9.17, 15) is 4.79 Å². The van der Waals surface area contributed by atoms with Gasteiger partial charge in [-0.15, -0.1) is 0 Å². The molecule has 1 unspecified atom stereocenters. The van der Waals surface area contributed by atoms with Crippen molar-refractivity contribution in [2.45, 2.75) is 45.1 Å². The van der Waals surface area contributed by atoms with E-state index in [1.807, 2.05) is 19.1 Å².